The molecule has 0 unspecified atom stereocenters. The Morgan fingerprint density at radius 3 is 2.62 bits per heavy atom. The number of benzene rings is 2. The van der Waals surface area contributed by atoms with E-state index >= 15 is 0 Å². The number of hydrogen-bond acceptors (Lipinski definition) is 3. The smallest absolute Gasteiger partial charge is 0.0962 e. The molecule has 0 saturated heterocycles. The topological polar surface area (TPSA) is 45.1 Å². The first kappa shape index (κ1) is 16.7. The Labute approximate surface area is 147 Å². The number of pyridine rings is 1. The molecule has 0 fully saturated rings. The number of para-hydroxylation sites is 1. The van der Waals surface area contributed by atoms with Gasteiger partial charge in [0, 0.05) is 28.3 Å². The predicted octanol–water partition coefficient (Wildman–Crippen LogP) is 4.99. The highest BCUT2D eigenvalue weighted by Gasteiger charge is 2.10. The lowest BCUT2D eigenvalue weighted by Gasteiger charge is -2.16. The summed E-state index contributed by atoms with van der Waals surface area (Å²) in [6.45, 7) is 2.58. The summed E-state index contributed by atoms with van der Waals surface area (Å²) in [6, 6.07) is 17.4. The van der Waals surface area contributed by atoms with E-state index < -0.39 is 6.10 Å². The first-order chi connectivity index (χ1) is 11.7. The molecule has 0 saturated carbocycles. The van der Waals surface area contributed by atoms with Crippen LogP contribution in [0.25, 0.3) is 10.9 Å². The van der Waals surface area contributed by atoms with Gasteiger partial charge < -0.3 is 10.4 Å². The van der Waals surface area contributed by atoms with Gasteiger partial charge in [-0.1, -0.05) is 55.3 Å². The maximum Gasteiger partial charge on any atom is 0.0962 e. The minimum atomic E-state index is -0.594. The van der Waals surface area contributed by atoms with Crippen LogP contribution in [0.5, 0.6) is 0 Å². The van der Waals surface area contributed by atoms with Crippen LogP contribution in [-0.2, 0) is 6.42 Å². The van der Waals surface area contributed by atoms with E-state index in [1.165, 1.54) is 0 Å². The fraction of sp³-hybridized carbons (Fsp3) is 0.250. The SMILES string of the molecule is CCCc1cc(NC[C@H](O)c2ccc(Cl)cc2)c2ccccc2n1. The summed E-state index contributed by atoms with van der Waals surface area (Å²) in [4.78, 5) is 4.70. The van der Waals surface area contributed by atoms with Crippen molar-refractivity contribution in [1.29, 1.82) is 0 Å². The summed E-state index contributed by atoms with van der Waals surface area (Å²) >= 11 is 5.90. The van der Waals surface area contributed by atoms with E-state index in [-0.39, 0.29) is 0 Å². The largest absolute Gasteiger partial charge is 0.387 e. The van der Waals surface area contributed by atoms with E-state index in [9.17, 15) is 5.11 Å². The van der Waals surface area contributed by atoms with Gasteiger partial charge in [-0.25, -0.2) is 0 Å². The highest BCUT2D eigenvalue weighted by molar-refractivity contribution is 6.30. The zero-order chi connectivity index (χ0) is 16.9. The van der Waals surface area contributed by atoms with Crippen molar-refractivity contribution in [3.63, 3.8) is 0 Å². The molecule has 3 aromatic rings. The van der Waals surface area contributed by atoms with Crippen molar-refractivity contribution in [2.75, 3.05) is 11.9 Å². The first-order valence-corrected chi connectivity index (χ1v) is 8.61. The predicted molar refractivity (Wildman–Crippen MR) is 101 cm³/mol. The number of nitrogens with one attached hydrogen (secondary N) is 1. The zero-order valence-electron chi connectivity index (χ0n) is 13.7. The van der Waals surface area contributed by atoms with Crippen molar-refractivity contribution in [2.24, 2.45) is 0 Å². The van der Waals surface area contributed by atoms with Gasteiger partial charge >= 0.3 is 0 Å². The summed E-state index contributed by atoms with van der Waals surface area (Å²) in [7, 11) is 0. The van der Waals surface area contributed by atoms with Crippen molar-refractivity contribution in [3.05, 3.63) is 70.9 Å². The van der Waals surface area contributed by atoms with Crippen LogP contribution in [0.15, 0.2) is 54.6 Å². The summed E-state index contributed by atoms with van der Waals surface area (Å²) in [5.74, 6) is 0. The fourth-order valence-electron chi connectivity index (χ4n) is 2.77. The van der Waals surface area contributed by atoms with Gasteiger partial charge in [0.2, 0.25) is 0 Å². The second kappa shape index (κ2) is 7.65. The van der Waals surface area contributed by atoms with Crippen LogP contribution in [0.2, 0.25) is 5.02 Å². The van der Waals surface area contributed by atoms with Crippen LogP contribution in [0.3, 0.4) is 0 Å². The molecule has 1 aromatic heterocycles. The molecule has 0 spiro atoms. The molecule has 0 aliphatic heterocycles. The van der Waals surface area contributed by atoms with E-state index in [1.54, 1.807) is 12.1 Å². The summed E-state index contributed by atoms with van der Waals surface area (Å²) < 4.78 is 0. The van der Waals surface area contributed by atoms with E-state index in [4.69, 9.17) is 16.6 Å². The third kappa shape index (κ3) is 3.86. The highest BCUT2D eigenvalue weighted by atomic mass is 35.5. The Balaban J connectivity index is 1.82. The quantitative estimate of drug-likeness (QED) is 0.664. The minimum Gasteiger partial charge on any atom is -0.387 e. The molecule has 0 radical (unpaired) electrons. The van der Waals surface area contributed by atoms with Crippen LogP contribution >= 0.6 is 11.6 Å². The standard InChI is InChI=1S/C20H21ClN2O/c1-2-5-16-12-19(17-6-3-4-7-18(17)23-16)22-13-20(24)14-8-10-15(21)11-9-14/h3-4,6-12,20,24H,2,5,13H2,1H3,(H,22,23)/t20-/m0/s1. The van der Waals surface area contributed by atoms with Crippen molar-refractivity contribution >= 4 is 28.2 Å². The number of halogens is 1. The molecular weight excluding hydrogens is 320 g/mol. The maximum atomic E-state index is 10.4. The van der Waals surface area contributed by atoms with Gasteiger partial charge in [-0.15, -0.1) is 0 Å². The number of aryl methyl sites for hydroxylation is 1. The van der Waals surface area contributed by atoms with Gasteiger partial charge in [0.25, 0.3) is 0 Å². The molecule has 0 aliphatic rings. The monoisotopic (exact) mass is 340 g/mol. The van der Waals surface area contributed by atoms with Crippen molar-refractivity contribution < 1.29 is 5.11 Å². The zero-order valence-corrected chi connectivity index (χ0v) is 14.4. The van der Waals surface area contributed by atoms with Crippen LogP contribution in [-0.4, -0.2) is 16.6 Å². The Kier molecular flexibility index (Phi) is 5.34. The van der Waals surface area contributed by atoms with Gasteiger partial charge in [0.05, 0.1) is 11.6 Å². The molecule has 0 amide bonds. The average molecular weight is 341 g/mol. The number of anilines is 1. The lowest BCUT2D eigenvalue weighted by Crippen LogP contribution is -2.12. The maximum absolute atomic E-state index is 10.4. The van der Waals surface area contributed by atoms with Gasteiger partial charge in [-0.05, 0) is 36.2 Å². The third-order valence-electron chi connectivity index (χ3n) is 4.02. The Morgan fingerprint density at radius 1 is 1.12 bits per heavy atom. The van der Waals surface area contributed by atoms with Crippen molar-refractivity contribution in [2.45, 2.75) is 25.9 Å². The van der Waals surface area contributed by atoms with Crippen LogP contribution in [0, 0.1) is 0 Å². The summed E-state index contributed by atoms with van der Waals surface area (Å²) in [5.41, 5.74) is 3.91. The van der Waals surface area contributed by atoms with Crippen molar-refractivity contribution in [1.82, 2.24) is 4.98 Å². The Hall–Kier alpha value is -2.10. The molecule has 24 heavy (non-hydrogen) atoms. The minimum absolute atomic E-state index is 0.432. The first-order valence-electron chi connectivity index (χ1n) is 8.23. The fourth-order valence-corrected chi connectivity index (χ4v) is 2.90. The van der Waals surface area contributed by atoms with E-state index in [2.05, 4.69) is 24.4 Å². The molecule has 3 rings (SSSR count). The van der Waals surface area contributed by atoms with Gasteiger partial charge in [-0.2, -0.15) is 0 Å². The molecule has 4 heteroatoms. The van der Waals surface area contributed by atoms with Crippen LogP contribution < -0.4 is 5.32 Å². The average Bonchev–Trinajstić information content (AvgIpc) is 2.60. The van der Waals surface area contributed by atoms with Crippen molar-refractivity contribution in [3.8, 4) is 0 Å². The second-order valence-electron chi connectivity index (χ2n) is 5.88. The number of fused-ring (bicyclic) bond motifs is 1. The highest BCUT2D eigenvalue weighted by Crippen LogP contribution is 2.25. The van der Waals surface area contributed by atoms with Crippen LogP contribution in [0.1, 0.15) is 30.7 Å². The lowest BCUT2D eigenvalue weighted by atomic mass is 10.1. The number of aliphatic hydroxyl groups is 1. The van der Waals surface area contributed by atoms with E-state index in [0.29, 0.717) is 11.6 Å². The number of aromatic nitrogens is 1. The normalized spacial score (nSPS) is 12.3. The molecule has 2 aromatic carbocycles. The second-order valence-corrected chi connectivity index (χ2v) is 6.31. The van der Waals surface area contributed by atoms with E-state index in [1.807, 2.05) is 30.3 Å². The number of aliphatic hydroxyl groups excluding tert-OH is 1. The third-order valence-corrected chi connectivity index (χ3v) is 4.27. The van der Waals surface area contributed by atoms with E-state index in [0.717, 1.165) is 40.7 Å². The molecule has 2 N–H and O–H groups in total. The molecular formula is C20H21ClN2O. The van der Waals surface area contributed by atoms with Crippen LogP contribution in [0.4, 0.5) is 5.69 Å². The van der Waals surface area contributed by atoms with Gasteiger partial charge in [-0.3, -0.25) is 4.98 Å². The van der Waals surface area contributed by atoms with Gasteiger partial charge in [0.15, 0.2) is 0 Å². The molecule has 0 bridgehead atoms. The summed E-state index contributed by atoms with van der Waals surface area (Å²) in [6.07, 6.45) is 1.40. The Morgan fingerprint density at radius 2 is 1.88 bits per heavy atom. The molecule has 1 atom stereocenters. The van der Waals surface area contributed by atoms with Gasteiger partial charge in [0.1, 0.15) is 0 Å². The number of hydrogen-bond donors (Lipinski definition) is 2. The molecule has 124 valence electrons. The molecule has 0 aliphatic carbocycles. The molecule has 3 nitrogen and oxygen atoms in total. The number of nitrogens with zero attached hydrogens (tertiary/aromatic N) is 1. The number of rotatable bonds is 6. The summed E-state index contributed by atoms with van der Waals surface area (Å²) in [5, 5.41) is 15.5. The Bertz CT molecular complexity index is 817. The molecule has 1 heterocycles. The lowest BCUT2D eigenvalue weighted by molar-refractivity contribution is 0.191.